The topological polar surface area (TPSA) is 21.9 Å². The Morgan fingerprint density at radius 2 is 1.43 bits per heavy atom. The molecule has 0 saturated carbocycles. The van der Waals surface area contributed by atoms with Crippen molar-refractivity contribution in [2.45, 2.75) is 39.5 Å². The van der Waals surface area contributed by atoms with Gasteiger partial charge in [-0.2, -0.15) is 9.13 Å². The van der Waals surface area contributed by atoms with Gasteiger partial charge in [0.05, 0.1) is 0 Å². The van der Waals surface area contributed by atoms with Crippen LogP contribution in [0.5, 0.6) is 0 Å². The summed E-state index contributed by atoms with van der Waals surface area (Å²) in [7, 11) is 0. The van der Waals surface area contributed by atoms with Crippen LogP contribution in [0, 0.1) is 0 Å². The van der Waals surface area contributed by atoms with Gasteiger partial charge in [0.25, 0.3) is 0 Å². The summed E-state index contributed by atoms with van der Waals surface area (Å²) in [6, 6.07) is 41.1. The maximum absolute atomic E-state index is 6.73. The molecule has 42 heavy (non-hydrogen) atoms. The van der Waals surface area contributed by atoms with Gasteiger partial charge in [0.2, 0.25) is 0 Å². The molecule has 2 aromatic heterocycles. The predicted molar refractivity (Wildman–Crippen MR) is 176 cm³/mol. The van der Waals surface area contributed by atoms with E-state index < -0.39 is 0 Å². The Labute approximate surface area is 247 Å². The molecule has 0 aliphatic carbocycles. The van der Waals surface area contributed by atoms with Crippen molar-refractivity contribution in [3.63, 3.8) is 0 Å². The molecule has 0 radical (unpaired) electrons. The fraction of sp³-hybridized carbons (Fsp3) is 0.154. The average Bonchev–Trinajstić information content (AvgIpc) is 3.58. The van der Waals surface area contributed by atoms with Gasteiger partial charge in [-0.1, -0.05) is 112 Å². The van der Waals surface area contributed by atoms with E-state index in [4.69, 9.17) is 4.42 Å². The Morgan fingerprint density at radius 1 is 0.714 bits per heavy atom. The van der Waals surface area contributed by atoms with Crippen LogP contribution >= 0.6 is 0 Å². The Morgan fingerprint density at radius 3 is 2.21 bits per heavy atom. The number of para-hydroxylation sites is 3. The molecule has 0 amide bonds. The highest BCUT2D eigenvalue weighted by atomic mass is 16.3. The first kappa shape index (κ1) is 26.0. The van der Waals surface area contributed by atoms with Gasteiger partial charge in [-0.25, -0.2) is 0 Å². The number of allylic oxidation sites excluding steroid dienone is 1. The van der Waals surface area contributed by atoms with Gasteiger partial charge >= 0.3 is 5.82 Å². The number of furan rings is 1. The molecule has 0 aliphatic rings. The van der Waals surface area contributed by atoms with Gasteiger partial charge in [0, 0.05) is 17.2 Å². The minimum absolute atomic E-state index is 0.901. The van der Waals surface area contributed by atoms with E-state index in [-0.39, 0.29) is 0 Å². The van der Waals surface area contributed by atoms with E-state index in [1.165, 1.54) is 16.7 Å². The molecule has 0 N–H and O–H groups in total. The Bertz CT molecular complexity index is 2060. The van der Waals surface area contributed by atoms with Crippen molar-refractivity contribution >= 4 is 38.7 Å². The third kappa shape index (κ3) is 4.24. The van der Waals surface area contributed by atoms with Gasteiger partial charge < -0.3 is 4.42 Å². The van der Waals surface area contributed by atoms with E-state index in [1.54, 1.807) is 0 Å². The SMILES string of the molecule is C=C(CCC)n1c(-c2c(CCC)ccc3c2oc2ccccc23)[n+](-c2ccc(-c3ccccc3)cc2)c2ccccc21. The molecule has 7 aromatic rings. The second-order valence-electron chi connectivity index (χ2n) is 11.0. The maximum atomic E-state index is 6.73. The van der Waals surface area contributed by atoms with Crippen LogP contribution in [-0.2, 0) is 6.42 Å². The number of imidazole rings is 1. The summed E-state index contributed by atoms with van der Waals surface area (Å²) >= 11 is 0. The third-order valence-electron chi connectivity index (χ3n) is 8.25. The molecule has 3 heteroatoms. The summed E-state index contributed by atoms with van der Waals surface area (Å²) in [6.45, 7) is 9.09. The summed E-state index contributed by atoms with van der Waals surface area (Å²) in [5, 5.41) is 2.29. The zero-order chi connectivity index (χ0) is 28.6. The van der Waals surface area contributed by atoms with Crippen molar-refractivity contribution in [1.82, 2.24) is 4.57 Å². The van der Waals surface area contributed by atoms with Gasteiger partial charge in [0.15, 0.2) is 16.6 Å². The van der Waals surface area contributed by atoms with E-state index >= 15 is 0 Å². The first-order chi connectivity index (χ1) is 20.7. The number of aryl methyl sites for hydroxylation is 1. The molecule has 3 nitrogen and oxygen atoms in total. The molecule has 5 aromatic carbocycles. The highest BCUT2D eigenvalue weighted by molar-refractivity contribution is 6.10. The van der Waals surface area contributed by atoms with Crippen molar-refractivity contribution in [3.8, 4) is 28.2 Å². The smallest absolute Gasteiger partial charge is 0.304 e. The van der Waals surface area contributed by atoms with Crippen LogP contribution in [0.2, 0.25) is 0 Å². The number of rotatable bonds is 8. The lowest BCUT2D eigenvalue weighted by molar-refractivity contribution is -0.555. The highest BCUT2D eigenvalue weighted by Crippen LogP contribution is 2.40. The minimum Gasteiger partial charge on any atom is -0.455 e. The molecular weight excluding hydrogens is 512 g/mol. The average molecular weight is 548 g/mol. The summed E-state index contributed by atoms with van der Waals surface area (Å²) in [5.74, 6) is 1.09. The quantitative estimate of drug-likeness (QED) is 0.173. The lowest BCUT2D eigenvalue weighted by atomic mass is 9.98. The van der Waals surface area contributed by atoms with Crippen molar-refractivity contribution in [1.29, 1.82) is 0 Å². The van der Waals surface area contributed by atoms with Crippen molar-refractivity contribution in [3.05, 3.63) is 127 Å². The fourth-order valence-electron chi connectivity index (χ4n) is 6.36. The Kier molecular flexibility index (Phi) is 6.71. The van der Waals surface area contributed by atoms with Crippen LogP contribution in [0.4, 0.5) is 0 Å². The lowest BCUT2D eigenvalue weighted by Gasteiger charge is -2.12. The normalized spacial score (nSPS) is 11.6. The van der Waals surface area contributed by atoms with E-state index in [0.29, 0.717) is 0 Å². The van der Waals surface area contributed by atoms with E-state index in [1.807, 2.05) is 6.07 Å². The van der Waals surface area contributed by atoms with Crippen molar-refractivity contribution < 1.29 is 8.98 Å². The van der Waals surface area contributed by atoms with Gasteiger partial charge in [-0.15, -0.1) is 0 Å². The highest BCUT2D eigenvalue weighted by Gasteiger charge is 2.33. The van der Waals surface area contributed by atoms with Crippen molar-refractivity contribution in [2.75, 3.05) is 0 Å². The van der Waals surface area contributed by atoms with E-state index in [2.05, 4.69) is 139 Å². The zero-order valence-electron chi connectivity index (χ0n) is 24.3. The molecule has 0 unspecified atom stereocenters. The maximum Gasteiger partial charge on any atom is 0.304 e. The molecule has 7 rings (SSSR count). The molecule has 206 valence electrons. The van der Waals surface area contributed by atoms with E-state index in [9.17, 15) is 0 Å². The first-order valence-electron chi connectivity index (χ1n) is 15.0. The van der Waals surface area contributed by atoms with Crippen LogP contribution < -0.4 is 4.57 Å². The van der Waals surface area contributed by atoms with E-state index in [0.717, 1.165) is 81.4 Å². The number of hydrogen-bond donors (Lipinski definition) is 0. The first-order valence-corrected chi connectivity index (χ1v) is 15.0. The molecule has 0 saturated heterocycles. The number of fused-ring (bicyclic) bond motifs is 4. The minimum atomic E-state index is 0.901. The number of aromatic nitrogens is 2. The van der Waals surface area contributed by atoms with Gasteiger partial charge in [-0.05, 0) is 59.9 Å². The van der Waals surface area contributed by atoms with Crippen LogP contribution in [0.15, 0.2) is 126 Å². The predicted octanol–water partition coefficient (Wildman–Crippen LogP) is 10.4. The Hall–Kier alpha value is -4.89. The third-order valence-corrected chi connectivity index (χ3v) is 8.25. The van der Waals surface area contributed by atoms with Crippen molar-refractivity contribution in [2.24, 2.45) is 0 Å². The van der Waals surface area contributed by atoms with Crippen LogP contribution in [0.25, 0.3) is 66.9 Å². The largest absolute Gasteiger partial charge is 0.455 e. The number of nitrogens with zero attached hydrogens (tertiary/aromatic N) is 2. The monoisotopic (exact) mass is 547 g/mol. The molecule has 0 atom stereocenters. The fourth-order valence-corrected chi connectivity index (χ4v) is 6.36. The molecule has 0 fully saturated rings. The van der Waals surface area contributed by atoms with Gasteiger partial charge in [-0.3, -0.25) is 0 Å². The molecular formula is C39H35N2O+. The lowest BCUT2D eigenvalue weighted by Crippen LogP contribution is -2.33. The molecule has 0 bridgehead atoms. The second-order valence-corrected chi connectivity index (χ2v) is 11.0. The van der Waals surface area contributed by atoms with Crippen LogP contribution in [0.1, 0.15) is 38.7 Å². The van der Waals surface area contributed by atoms with Gasteiger partial charge in [0.1, 0.15) is 22.5 Å². The Balaban J connectivity index is 1.60. The summed E-state index contributed by atoms with van der Waals surface area (Å²) in [5.41, 5.74) is 11.2. The number of hydrogen-bond acceptors (Lipinski definition) is 1. The molecule has 0 spiro atoms. The zero-order valence-corrected chi connectivity index (χ0v) is 24.3. The van der Waals surface area contributed by atoms with Crippen LogP contribution in [0.3, 0.4) is 0 Å². The van der Waals surface area contributed by atoms with Crippen LogP contribution in [-0.4, -0.2) is 4.57 Å². The standard InChI is InChI=1S/C39H35N2O/c1-4-13-27(3)40-34-18-10-11-19-35(34)41(31-24-21-29(22-25-31)28-15-7-6-8-16-28)39(40)37-30(14-5-2)23-26-33-32-17-9-12-20-36(32)42-38(33)37/h6-12,15-26H,3-5,13-14H2,1-2H3/q+1. The summed E-state index contributed by atoms with van der Waals surface area (Å²) < 4.78 is 11.5. The molecule has 0 aliphatic heterocycles. The second kappa shape index (κ2) is 10.8. The summed E-state index contributed by atoms with van der Waals surface area (Å²) in [6.07, 6.45) is 3.92. The molecule has 2 heterocycles. The number of benzene rings is 5. The summed E-state index contributed by atoms with van der Waals surface area (Å²) in [4.78, 5) is 0.